The third-order valence-electron chi connectivity index (χ3n) is 4.75. The van der Waals surface area contributed by atoms with Crippen molar-refractivity contribution in [2.24, 2.45) is 0 Å². The zero-order chi connectivity index (χ0) is 24.2. The predicted octanol–water partition coefficient (Wildman–Crippen LogP) is 5.15. The van der Waals surface area contributed by atoms with Crippen molar-refractivity contribution in [3.63, 3.8) is 0 Å². The molecule has 6 nitrogen and oxygen atoms in total. The van der Waals surface area contributed by atoms with Crippen molar-refractivity contribution in [1.82, 2.24) is 4.98 Å². The summed E-state index contributed by atoms with van der Waals surface area (Å²) < 4.78 is 26.1. The summed E-state index contributed by atoms with van der Waals surface area (Å²) in [5.74, 6) is 1.03. The fraction of sp³-hybridized carbons (Fsp3) is 0.250. The molecule has 2 unspecified atom stereocenters. The molecule has 172 valence electrons. The Morgan fingerprint density at radius 1 is 1.24 bits per heavy atom. The Balaban J connectivity index is 2.15. The van der Waals surface area contributed by atoms with Crippen LogP contribution in [0.1, 0.15) is 37.4 Å². The molecule has 0 spiro atoms. The van der Waals surface area contributed by atoms with Crippen molar-refractivity contribution in [2.75, 3.05) is 6.16 Å². The molecule has 3 aromatic rings. The molecule has 0 radical (unpaired) electrons. The van der Waals surface area contributed by atoms with E-state index in [0.717, 1.165) is 4.88 Å². The SMILES string of the molecule is CC(C)c1nc(-c2cccs2)cc(-c2ccc(F)cc2)c1C#CP(=O)(O)CC(O)CC(=O)O. The summed E-state index contributed by atoms with van der Waals surface area (Å²) in [6, 6.07) is 11.5. The lowest BCUT2D eigenvalue weighted by atomic mass is 9.94. The quantitative estimate of drug-likeness (QED) is 0.314. The van der Waals surface area contributed by atoms with Gasteiger partial charge in [0.2, 0.25) is 0 Å². The molecule has 0 aliphatic rings. The lowest BCUT2D eigenvalue weighted by Gasteiger charge is -2.15. The van der Waals surface area contributed by atoms with Crippen molar-refractivity contribution in [2.45, 2.75) is 32.3 Å². The molecule has 1 aromatic carbocycles. The molecule has 0 saturated carbocycles. The van der Waals surface area contributed by atoms with Crippen molar-refractivity contribution < 1.29 is 28.9 Å². The highest BCUT2D eigenvalue weighted by molar-refractivity contribution is 7.63. The number of carboxylic acids is 1. The normalized spacial score (nSPS) is 13.8. The van der Waals surface area contributed by atoms with Gasteiger partial charge in [0.25, 0.3) is 7.37 Å². The van der Waals surface area contributed by atoms with E-state index >= 15 is 0 Å². The lowest BCUT2D eigenvalue weighted by molar-refractivity contribution is -0.138. The van der Waals surface area contributed by atoms with Crippen LogP contribution in [0.15, 0.2) is 47.8 Å². The van der Waals surface area contributed by atoms with Crippen LogP contribution in [0.25, 0.3) is 21.7 Å². The first-order chi connectivity index (χ1) is 15.6. The maximum atomic E-state index is 13.6. The van der Waals surface area contributed by atoms with Gasteiger partial charge in [0.1, 0.15) is 5.82 Å². The van der Waals surface area contributed by atoms with Gasteiger partial charge in [0.15, 0.2) is 0 Å². The number of halogens is 1. The van der Waals surface area contributed by atoms with E-state index in [1.165, 1.54) is 23.5 Å². The lowest BCUT2D eigenvalue weighted by Crippen LogP contribution is -2.17. The van der Waals surface area contributed by atoms with Crippen LogP contribution in [0.3, 0.4) is 0 Å². The Kier molecular flexibility index (Phi) is 7.83. The fourth-order valence-electron chi connectivity index (χ4n) is 3.26. The summed E-state index contributed by atoms with van der Waals surface area (Å²) in [4.78, 5) is 26.7. The number of pyridine rings is 1. The highest BCUT2D eigenvalue weighted by Gasteiger charge is 2.23. The van der Waals surface area contributed by atoms with Crippen LogP contribution in [0.2, 0.25) is 0 Å². The minimum Gasteiger partial charge on any atom is -0.481 e. The van der Waals surface area contributed by atoms with E-state index in [9.17, 15) is 23.7 Å². The van der Waals surface area contributed by atoms with Crippen LogP contribution in [-0.2, 0) is 9.36 Å². The molecule has 2 aromatic heterocycles. The maximum absolute atomic E-state index is 13.6. The number of aliphatic hydroxyl groups is 1. The summed E-state index contributed by atoms with van der Waals surface area (Å²) in [5, 5.41) is 20.5. The molecule has 9 heteroatoms. The number of aromatic nitrogens is 1. The summed E-state index contributed by atoms with van der Waals surface area (Å²) in [7, 11) is -4.16. The molecule has 0 aliphatic carbocycles. The number of hydrogen-bond acceptors (Lipinski definition) is 5. The molecule has 2 atom stereocenters. The predicted molar refractivity (Wildman–Crippen MR) is 127 cm³/mol. The second kappa shape index (κ2) is 10.4. The Hall–Kier alpha value is -2.82. The molecule has 0 bridgehead atoms. The fourth-order valence-corrected chi connectivity index (χ4v) is 5.03. The first-order valence-electron chi connectivity index (χ1n) is 10.2. The van der Waals surface area contributed by atoms with Crippen LogP contribution >= 0.6 is 18.7 Å². The highest BCUT2D eigenvalue weighted by Crippen LogP contribution is 2.41. The summed E-state index contributed by atoms with van der Waals surface area (Å²) >= 11 is 1.52. The van der Waals surface area contributed by atoms with Gasteiger partial charge in [0, 0.05) is 5.56 Å². The highest BCUT2D eigenvalue weighted by atomic mass is 32.1. The van der Waals surface area contributed by atoms with Gasteiger partial charge in [-0.15, -0.1) is 11.3 Å². The van der Waals surface area contributed by atoms with E-state index in [1.807, 2.05) is 37.4 Å². The van der Waals surface area contributed by atoms with Gasteiger partial charge in [-0.2, -0.15) is 0 Å². The number of hydrogen-bond donors (Lipinski definition) is 3. The average Bonchev–Trinajstić information content (AvgIpc) is 3.26. The first-order valence-corrected chi connectivity index (χ1v) is 12.9. The number of aliphatic hydroxyl groups excluding tert-OH is 1. The molecule has 0 amide bonds. The Bertz CT molecular complexity index is 1250. The Morgan fingerprint density at radius 3 is 2.52 bits per heavy atom. The number of carbonyl (C=O) groups is 1. The summed E-state index contributed by atoms with van der Waals surface area (Å²) in [5.41, 5.74) is 5.40. The molecular weight excluding hydrogens is 464 g/mol. The monoisotopic (exact) mass is 487 g/mol. The van der Waals surface area contributed by atoms with E-state index in [4.69, 9.17) is 10.1 Å². The summed E-state index contributed by atoms with van der Waals surface area (Å²) in [6.07, 6.45) is -2.80. The van der Waals surface area contributed by atoms with Crippen molar-refractivity contribution in [3.05, 3.63) is 64.9 Å². The van der Waals surface area contributed by atoms with Crippen molar-refractivity contribution >= 4 is 24.7 Å². The van der Waals surface area contributed by atoms with Crippen LogP contribution in [0, 0.1) is 17.4 Å². The average molecular weight is 487 g/mol. The molecule has 2 heterocycles. The number of thiophene rings is 1. The second-order valence-electron chi connectivity index (χ2n) is 7.83. The van der Waals surface area contributed by atoms with E-state index in [1.54, 1.807) is 12.1 Å². The number of carboxylic acid groups (broad SMARTS) is 1. The first kappa shape index (κ1) is 24.8. The van der Waals surface area contributed by atoms with Gasteiger partial charge >= 0.3 is 5.97 Å². The van der Waals surface area contributed by atoms with Gasteiger partial charge in [-0.1, -0.05) is 38.0 Å². The molecule has 0 aliphatic heterocycles. The largest absolute Gasteiger partial charge is 0.481 e. The van der Waals surface area contributed by atoms with Crippen LogP contribution < -0.4 is 0 Å². The molecule has 0 fully saturated rings. The third kappa shape index (κ3) is 6.59. The van der Waals surface area contributed by atoms with Crippen LogP contribution in [0.4, 0.5) is 4.39 Å². The molecular formula is C24H23FNO5PS. The number of rotatable bonds is 7. The van der Waals surface area contributed by atoms with Gasteiger partial charge < -0.3 is 15.1 Å². The maximum Gasteiger partial charge on any atom is 0.305 e. The summed E-state index contributed by atoms with van der Waals surface area (Å²) in [6.45, 7) is 3.85. The van der Waals surface area contributed by atoms with Gasteiger partial charge in [0.05, 0.1) is 40.5 Å². The van der Waals surface area contributed by atoms with Gasteiger partial charge in [-0.05, 0) is 46.8 Å². The second-order valence-corrected chi connectivity index (χ2v) is 10.8. The van der Waals surface area contributed by atoms with E-state index in [0.29, 0.717) is 28.1 Å². The Morgan fingerprint density at radius 2 is 1.94 bits per heavy atom. The number of aliphatic carboxylic acids is 1. The molecule has 3 rings (SSSR count). The van der Waals surface area contributed by atoms with Crippen molar-refractivity contribution in [1.29, 1.82) is 0 Å². The van der Waals surface area contributed by atoms with E-state index < -0.39 is 37.8 Å². The van der Waals surface area contributed by atoms with E-state index in [-0.39, 0.29) is 5.92 Å². The third-order valence-corrected chi connectivity index (χ3v) is 7.02. The molecule has 0 saturated heterocycles. The smallest absolute Gasteiger partial charge is 0.305 e. The number of nitrogens with zero attached hydrogens (tertiary/aromatic N) is 1. The van der Waals surface area contributed by atoms with Crippen molar-refractivity contribution in [3.8, 4) is 33.3 Å². The molecule has 3 N–H and O–H groups in total. The number of benzene rings is 1. The Labute approximate surface area is 195 Å². The zero-order valence-electron chi connectivity index (χ0n) is 18.0. The van der Waals surface area contributed by atoms with Gasteiger partial charge in [-0.3, -0.25) is 14.3 Å². The van der Waals surface area contributed by atoms with Crippen LogP contribution in [-0.4, -0.2) is 38.3 Å². The topological polar surface area (TPSA) is 108 Å². The minimum atomic E-state index is -4.16. The zero-order valence-corrected chi connectivity index (χ0v) is 19.7. The standard InChI is InChI=1S/C24H23FNO5PS/c1-15(2)24-19(9-10-32(30,31)14-18(27)12-23(28)29)20(16-5-7-17(25)8-6-16)13-21(26-24)22-4-3-11-33-22/h3-8,11,13,15,18,27H,12,14H2,1-2H3,(H,28,29)(H,30,31). The molecule has 33 heavy (non-hydrogen) atoms. The van der Waals surface area contributed by atoms with Crippen LogP contribution in [0.5, 0.6) is 0 Å². The van der Waals surface area contributed by atoms with E-state index in [2.05, 4.69) is 11.6 Å². The minimum absolute atomic E-state index is 0.0795. The van der Waals surface area contributed by atoms with Gasteiger partial charge in [-0.25, -0.2) is 4.39 Å².